The van der Waals surface area contributed by atoms with Crippen LogP contribution in [-0.4, -0.2) is 5.78 Å². The van der Waals surface area contributed by atoms with Gasteiger partial charge in [-0.1, -0.05) is 74.2 Å². The van der Waals surface area contributed by atoms with Gasteiger partial charge in [-0.25, -0.2) is 8.78 Å². The minimum absolute atomic E-state index is 0.0792. The van der Waals surface area contributed by atoms with E-state index in [1.54, 1.807) is 30.3 Å². The van der Waals surface area contributed by atoms with Gasteiger partial charge in [0.25, 0.3) is 5.92 Å². The van der Waals surface area contributed by atoms with Gasteiger partial charge in [-0.3, -0.25) is 4.79 Å². The minimum Gasteiger partial charge on any atom is -0.280 e. The molecule has 160 valence electrons. The van der Waals surface area contributed by atoms with E-state index in [-0.39, 0.29) is 17.3 Å². The number of hydrogen-bond donors (Lipinski definition) is 0. The summed E-state index contributed by atoms with van der Waals surface area (Å²) in [5.41, 5.74) is 2.19. The summed E-state index contributed by atoms with van der Waals surface area (Å²) in [5, 5.41) is 0. The lowest BCUT2D eigenvalue weighted by Gasteiger charge is -2.16. The first-order chi connectivity index (χ1) is 14.8. The van der Waals surface area contributed by atoms with Crippen molar-refractivity contribution in [2.45, 2.75) is 45.5 Å². The van der Waals surface area contributed by atoms with Crippen LogP contribution in [0.3, 0.4) is 0 Å². The van der Waals surface area contributed by atoms with Crippen LogP contribution in [0.5, 0.6) is 0 Å². The summed E-state index contributed by atoms with van der Waals surface area (Å²) in [6.45, 7) is 6.63. The van der Waals surface area contributed by atoms with Gasteiger partial charge in [0.15, 0.2) is 0 Å². The summed E-state index contributed by atoms with van der Waals surface area (Å²) >= 11 is 0. The first-order valence-electron chi connectivity index (χ1n) is 10.8. The van der Waals surface area contributed by atoms with E-state index in [0.717, 1.165) is 18.9 Å². The van der Waals surface area contributed by atoms with Crippen LogP contribution in [0.25, 0.3) is 11.1 Å². The molecule has 0 spiro atoms. The third-order valence-electron chi connectivity index (χ3n) is 5.54. The number of Topliss-reactive ketones (excluding diaryl/α,β-unsaturated/α-hetero) is 1. The first-order valence-corrected chi connectivity index (χ1v) is 10.8. The van der Waals surface area contributed by atoms with Gasteiger partial charge in [0.1, 0.15) is 0 Å². The molecule has 2 aromatic rings. The molecule has 0 N–H and O–H groups in total. The third-order valence-corrected chi connectivity index (χ3v) is 5.54. The van der Waals surface area contributed by atoms with Gasteiger partial charge in [-0.15, -0.1) is 6.58 Å². The quantitative estimate of drug-likeness (QED) is 0.249. The lowest BCUT2D eigenvalue weighted by atomic mass is 9.94. The Morgan fingerprint density at radius 1 is 1.23 bits per heavy atom. The van der Waals surface area contributed by atoms with E-state index in [9.17, 15) is 13.6 Å². The summed E-state index contributed by atoms with van der Waals surface area (Å²) in [4.78, 5) is 12.7. The van der Waals surface area contributed by atoms with Crippen molar-refractivity contribution in [3.05, 3.63) is 84.0 Å². The van der Waals surface area contributed by atoms with Crippen molar-refractivity contribution in [3.63, 3.8) is 0 Å². The van der Waals surface area contributed by atoms with Crippen molar-refractivity contribution in [2.24, 2.45) is 11.8 Å². The number of carbonyl (C=O) groups excluding carboxylic acids is 1. The number of hydrogen-bond acceptors (Lipinski definition) is 1. The predicted octanol–water partition coefficient (Wildman–Crippen LogP) is 7.32. The van der Waals surface area contributed by atoms with Crippen molar-refractivity contribution in [1.29, 1.82) is 0 Å². The third kappa shape index (κ3) is 6.49. The molecule has 1 fully saturated rings. The lowest BCUT2D eigenvalue weighted by Crippen LogP contribution is -2.09. The monoisotopic (exact) mass is 418 g/mol. The van der Waals surface area contributed by atoms with Crippen LogP contribution in [0.15, 0.2) is 72.8 Å². The number of ketones is 1. The van der Waals surface area contributed by atoms with Crippen LogP contribution in [0.2, 0.25) is 0 Å². The van der Waals surface area contributed by atoms with Crippen LogP contribution in [0, 0.1) is 23.7 Å². The average Bonchev–Trinajstić information content (AvgIpc) is 3.59. The Labute approximate surface area is 183 Å². The van der Waals surface area contributed by atoms with E-state index >= 15 is 0 Å². The first kappa shape index (κ1) is 22.7. The fourth-order valence-electron chi connectivity index (χ4n) is 3.49. The Bertz CT molecular complexity index is 1030. The van der Waals surface area contributed by atoms with E-state index in [0.29, 0.717) is 29.0 Å². The van der Waals surface area contributed by atoms with Gasteiger partial charge in [-0.05, 0) is 53.9 Å². The normalized spacial score (nSPS) is 15.0. The van der Waals surface area contributed by atoms with E-state index in [4.69, 9.17) is 0 Å². The molecule has 0 radical (unpaired) electrons. The van der Waals surface area contributed by atoms with E-state index in [1.165, 1.54) is 18.9 Å². The summed E-state index contributed by atoms with van der Waals surface area (Å²) in [7, 11) is 0. The fraction of sp³-hybridized carbons (Fsp3) is 0.321. The Hall–Kier alpha value is -2.99. The van der Waals surface area contributed by atoms with Crippen molar-refractivity contribution in [1.82, 2.24) is 0 Å². The van der Waals surface area contributed by atoms with Gasteiger partial charge in [0, 0.05) is 23.6 Å². The van der Waals surface area contributed by atoms with E-state index in [2.05, 4.69) is 18.4 Å². The largest absolute Gasteiger partial charge is 0.280 e. The van der Waals surface area contributed by atoms with Gasteiger partial charge in [-0.2, -0.15) is 0 Å². The Morgan fingerprint density at radius 2 is 1.94 bits per heavy atom. The maximum Gasteiger partial charge on any atom is 0.271 e. The van der Waals surface area contributed by atoms with E-state index in [1.807, 2.05) is 31.2 Å². The number of alkyl halides is 2. The van der Waals surface area contributed by atoms with Crippen LogP contribution in [-0.2, 0) is 10.7 Å². The highest BCUT2D eigenvalue weighted by Gasteiger charge is 2.28. The highest BCUT2D eigenvalue weighted by atomic mass is 19.3. The lowest BCUT2D eigenvalue weighted by molar-refractivity contribution is -0.110. The molecule has 1 aliphatic carbocycles. The molecule has 3 heteroatoms. The summed E-state index contributed by atoms with van der Waals surface area (Å²) in [5.74, 6) is 3.01. The zero-order valence-corrected chi connectivity index (χ0v) is 18.1. The maximum absolute atomic E-state index is 14.3. The van der Waals surface area contributed by atoms with Crippen LogP contribution < -0.4 is 0 Å². The second kappa shape index (κ2) is 9.88. The van der Waals surface area contributed by atoms with Crippen LogP contribution in [0.4, 0.5) is 8.78 Å². The fourth-order valence-corrected chi connectivity index (χ4v) is 3.49. The molecule has 0 bridgehead atoms. The van der Waals surface area contributed by atoms with Crippen LogP contribution in [0.1, 0.15) is 50.7 Å². The standard InChI is InChI=1S/C28H28F2O/c1-4-20(2)18-24(15-12-21-10-11-21)27(31)17-14-22-13-16-25(23-8-6-5-7-9-23)26(19-22)28(3,29)30/h4-9,13,16,18-21H,1,10-12,15H2,2-3H3/b24-18+. The number of carbonyl (C=O) groups is 1. The zero-order valence-electron chi connectivity index (χ0n) is 18.1. The molecule has 0 saturated heterocycles. The number of benzene rings is 2. The Morgan fingerprint density at radius 3 is 2.55 bits per heavy atom. The van der Waals surface area contributed by atoms with Crippen molar-refractivity contribution >= 4 is 5.78 Å². The van der Waals surface area contributed by atoms with Gasteiger partial charge in [0.2, 0.25) is 5.78 Å². The molecule has 0 aromatic heterocycles. The molecule has 1 unspecified atom stereocenters. The van der Waals surface area contributed by atoms with Gasteiger partial charge >= 0.3 is 0 Å². The summed E-state index contributed by atoms with van der Waals surface area (Å²) < 4.78 is 28.7. The van der Waals surface area contributed by atoms with Crippen molar-refractivity contribution in [2.75, 3.05) is 0 Å². The molecule has 1 saturated carbocycles. The summed E-state index contributed by atoms with van der Waals surface area (Å²) in [6.07, 6.45) is 7.84. The molecule has 1 aliphatic rings. The Kier molecular flexibility index (Phi) is 7.23. The van der Waals surface area contributed by atoms with Gasteiger partial charge in [0.05, 0.1) is 0 Å². The second-order valence-corrected chi connectivity index (χ2v) is 8.36. The van der Waals surface area contributed by atoms with Crippen LogP contribution >= 0.6 is 0 Å². The molecule has 31 heavy (non-hydrogen) atoms. The smallest absolute Gasteiger partial charge is 0.271 e. The zero-order chi connectivity index (χ0) is 22.4. The minimum atomic E-state index is -3.03. The number of allylic oxidation sites excluding steroid dienone is 3. The highest BCUT2D eigenvalue weighted by molar-refractivity contribution is 6.08. The average molecular weight is 419 g/mol. The molecule has 0 heterocycles. The van der Waals surface area contributed by atoms with Crippen molar-refractivity contribution in [3.8, 4) is 23.0 Å². The molecule has 0 amide bonds. The number of halogens is 2. The molecule has 3 rings (SSSR count). The van der Waals surface area contributed by atoms with Crippen molar-refractivity contribution < 1.29 is 13.6 Å². The van der Waals surface area contributed by atoms with E-state index < -0.39 is 5.92 Å². The molecule has 2 aromatic carbocycles. The number of rotatable bonds is 8. The second-order valence-electron chi connectivity index (χ2n) is 8.36. The topological polar surface area (TPSA) is 17.1 Å². The molecule has 1 nitrogen and oxygen atoms in total. The predicted molar refractivity (Wildman–Crippen MR) is 123 cm³/mol. The highest BCUT2D eigenvalue weighted by Crippen LogP contribution is 2.36. The molecule has 1 atom stereocenters. The maximum atomic E-state index is 14.3. The molecular formula is C28H28F2O. The molecular weight excluding hydrogens is 390 g/mol. The molecule has 0 aliphatic heterocycles. The Balaban J connectivity index is 1.88. The summed E-state index contributed by atoms with van der Waals surface area (Å²) in [6, 6.07) is 13.8. The SMILES string of the molecule is C=CC(C)/C=C(\CCC1CC1)C(=O)C#Cc1ccc(-c2ccccc2)c(C(C)(F)F)c1. The van der Waals surface area contributed by atoms with Gasteiger partial charge < -0.3 is 0 Å².